The molecule has 0 amide bonds. The van der Waals surface area contributed by atoms with E-state index in [0.717, 1.165) is 0 Å². The largest absolute Gasteiger partial charge is 0.660 e. The summed E-state index contributed by atoms with van der Waals surface area (Å²) in [6.45, 7) is 0. The van der Waals surface area contributed by atoms with Gasteiger partial charge in [0.1, 0.15) is 25.8 Å². The maximum atomic E-state index is 9.42. The molecule has 0 heterocycles. The number of nitro groups is 2. The van der Waals surface area contributed by atoms with Crippen molar-refractivity contribution in [1.29, 1.82) is 0 Å². The van der Waals surface area contributed by atoms with E-state index >= 15 is 0 Å². The van der Waals surface area contributed by atoms with Crippen molar-refractivity contribution >= 4 is 15.9 Å². The van der Waals surface area contributed by atoms with Gasteiger partial charge in [0.2, 0.25) is 0 Å². The van der Waals surface area contributed by atoms with Gasteiger partial charge in [0.15, 0.2) is 0 Å². The smallest absolute Gasteiger partial charge is 0.257 e. The van der Waals surface area contributed by atoms with Crippen LogP contribution in [0, 0.1) is 25.3 Å². The lowest BCUT2D eigenvalue weighted by molar-refractivity contribution is -0.642. The van der Waals surface area contributed by atoms with Gasteiger partial charge in [-0.15, -0.1) is 0 Å². The fourth-order valence-electron chi connectivity index (χ4n) is 0.0667. The summed E-state index contributed by atoms with van der Waals surface area (Å²) in [5.74, 6) is 0. The summed E-state index contributed by atoms with van der Waals surface area (Å²) in [6, 6.07) is 0. The van der Waals surface area contributed by atoms with Crippen molar-refractivity contribution in [3.8, 4) is 0 Å². The molecule has 0 rings (SSSR count). The zero-order valence-electron chi connectivity index (χ0n) is 3.41. The standard InChI is InChI=1S/CBrN2O4/c2-1(3(5)6)4(7)8. The molecule has 0 N–H and O–H groups in total. The average Bonchev–Trinajstić information content (AvgIpc) is 1.64. The highest BCUT2D eigenvalue weighted by Crippen LogP contribution is 2.08. The van der Waals surface area contributed by atoms with Crippen LogP contribution in [0.5, 0.6) is 0 Å². The van der Waals surface area contributed by atoms with Crippen LogP contribution < -0.4 is 0 Å². The van der Waals surface area contributed by atoms with Gasteiger partial charge in [0, 0.05) is 0 Å². The molecule has 45 valence electrons. The zero-order valence-corrected chi connectivity index (χ0v) is 4.99. The van der Waals surface area contributed by atoms with Crippen LogP contribution in [0.25, 0.3) is 0 Å². The molecule has 0 unspecified atom stereocenters. The van der Waals surface area contributed by atoms with Crippen LogP contribution in [0.2, 0.25) is 0 Å². The van der Waals surface area contributed by atoms with E-state index in [1.807, 2.05) is 0 Å². The highest BCUT2D eigenvalue weighted by Gasteiger charge is 2.34. The van der Waals surface area contributed by atoms with Crippen molar-refractivity contribution in [3.05, 3.63) is 25.3 Å². The van der Waals surface area contributed by atoms with Crippen LogP contribution in [-0.2, 0) is 0 Å². The van der Waals surface area contributed by atoms with Gasteiger partial charge in [0.05, 0.1) is 0 Å². The van der Waals surface area contributed by atoms with Gasteiger partial charge in [-0.1, -0.05) is 0 Å². The third kappa shape index (κ3) is 1.82. The summed E-state index contributed by atoms with van der Waals surface area (Å²) in [5, 5.41) is 17.7. The van der Waals surface area contributed by atoms with Crippen LogP contribution in [0.15, 0.2) is 0 Å². The Labute approximate surface area is 51.9 Å². The summed E-state index contributed by atoms with van der Waals surface area (Å²) in [7, 11) is 0. The lowest BCUT2D eigenvalue weighted by atomic mass is 11.2. The summed E-state index contributed by atoms with van der Waals surface area (Å²) < 4.78 is 0. The molecule has 7 heteroatoms. The molecule has 0 aromatic rings. The van der Waals surface area contributed by atoms with Crippen LogP contribution in [0.3, 0.4) is 0 Å². The van der Waals surface area contributed by atoms with Crippen LogP contribution in [0.1, 0.15) is 0 Å². The van der Waals surface area contributed by atoms with Gasteiger partial charge in [0.25, 0.3) is 0 Å². The zero-order chi connectivity index (χ0) is 6.73. The van der Waals surface area contributed by atoms with Crippen LogP contribution in [-0.4, -0.2) is 9.85 Å². The van der Waals surface area contributed by atoms with Gasteiger partial charge in [-0.2, -0.15) is 0 Å². The predicted molar refractivity (Wildman–Crippen MR) is 26.2 cm³/mol. The van der Waals surface area contributed by atoms with E-state index < -0.39 is 14.9 Å². The van der Waals surface area contributed by atoms with Gasteiger partial charge >= 0.3 is 5.08 Å². The normalized spacial score (nSPS) is 9.25. The minimum absolute atomic E-state index is 1.12. The van der Waals surface area contributed by atoms with Crippen molar-refractivity contribution in [2.24, 2.45) is 0 Å². The highest BCUT2D eigenvalue weighted by atomic mass is 79.9. The Balaban J connectivity index is 3.83. The maximum Gasteiger partial charge on any atom is 0.660 e. The molecule has 0 spiro atoms. The highest BCUT2D eigenvalue weighted by molar-refractivity contribution is 9.10. The third-order valence-electron chi connectivity index (χ3n) is 0.301. The molecular formula is CBrN2O4. The number of halogens is 1. The predicted octanol–water partition coefficient (Wildman–Crippen LogP) is 0.382. The Morgan fingerprint density at radius 3 is 1.50 bits per heavy atom. The molecule has 1 radical (unpaired) electrons. The number of hydrogen-bond donors (Lipinski definition) is 0. The lowest BCUT2D eigenvalue weighted by Crippen LogP contribution is -2.11. The molecule has 0 aliphatic rings. The molecule has 8 heavy (non-hydrogen) atoms. The molecular weight excluding hydrogens is 184 g/mol. The molecule has 0 aliphatic carbocycles. The second kappa shape index (κ2) is 2.55. The van der Waals surface area contributed by atoms with Gasteiger partial charge in [-0.25, -0.2) is 0 Å². The minimum atomic E-state index is -1.14. The van der Waals surface area contributed by atoms with Crippen molar-refractivity contribution < 1.29 is 9.85 Å². The number of rotatable bonds is 2. The summed E-state index contributed by atoms with van der Waals surface area (Å²) >= 11 is 2.12. The van der Waals surface area contributed by atoms with E-state index in [1.165, 1.54) is 0 Å². The first kappa shape index (κ1) is 7.28. The average molecular weight is 184 g/mol. The fourth-order valence-corrected chi connectivity index (χ4v) is 0.0667. The van der Waals surface area contributed by atoms with Crippen molar-refractivity contribution in [2.75, 3.05) is 0 Å². The van der Waals surface area contributed by atoms with E-state index in [2.05, 4.69) is 15.9 Å². The SMILES string of the molecule is O=[N+]([O-])[C](Br)[N+](=O)[O-]. The molecule has 0 atom stereocenters. The Bertz CT molecular complexity index is 109. The van der Waals surface area contributed by atoms with Gasteiger partial charge in [-0.05, 0) is 0 Å². The van der Waals surface area contributed by atoms with Crippen molar-refractivity contribution in [2.45, 2.75) is 0 Å². The summed E-state index contributed by atoms with van der Waals surface area (Å²) in [5.41, 5.74) is 0. The maximum absolute atomic E-state index is 9.42. The first-order valence-corrected chi connectivity index (χ1v) is 2.16. The number of hydrogen-bond acceptors (Lipinski definition) is 4. The van der Waals surface area contributed by atoms with Crippen molar-refractivity contribution in [1.82, 2.24) is 0 Å². The second-order valence-electron chi connectivity index (χ2n) is 0.783. The molecule has 0 fully saturated rings. The molecule has 6 nitrogen and oxygen atoms in total. The number of nitrogens with zero attached hydrogens (tertiary/aromatic N) is 2. The van der Waals surface area contributed by atoms with Crippen LogP contribution >= 0.6 is 15.9 Å². The van der Waals surface area contributed by atoms with E-state index in [4.69, 9.17) is 0 Å². The minimum Gasteiger partial charge on any atom is -0.257 e. The van der Waals surface area contributed by atoms with E-state index in [9.17, 15) is 20.2 Å². The Kier molecular flexibility index (Phi) is 2.32. The molecule has 0 bridgehead atoms. The molecule has 0 aromatic carbocycles. The lowest BCUT2D eigenvalue weighted by Gasteiger charge is -1.83. The topological polar surface area (TPSA) is 86.3 Å². The first-order valence-electron chi connectivity index (χ1n) is 1.37. The Hall–Kier alpha value is -0.720. The summed E-state index contributed by atoms with van der Waals surface area (Å²) in [6.07, 6.45) is 0. The van der Waals surface area contributed by atoms with E-state index in [0.29, 0.717) is 0 Å². The molecule has 0 saturated carbocycles. The first-order chi connectivity index (χ1) is 3.55. The fraction of sp³-hybridized carbons (Fsp3) is 0. The van der Waals surface area contributed by atoms with Crippen molar-refractivity contribution in [3.63, 3.8) is 0 Å². The molecule has 0 saturated heterocycles. The van der Waals surface area contributed by atoms with E-state index in [-0.39, 0.29) is 0 Å². The summed E-state index contributed by atoms with van der Waals surface area (Å²) in [4.78, 5) is 16.6. The van der Waals surface area contributed by atoms with Crippen LogP contribution in [0.4, 0.5) is 0 Å². The van der Waals surface area contributed by atoms with E-state index in [1.54, 1.807) is 0 Å². The van der Waals surface area contributed by atoms with Gasteiger partial charge in [-0.3, -0.25) is 20.2 Å². The quantitative estimate of drug-likeness (QED) is 0.352. The Morgan fingerprint density at radius 1 is 1.25 bits per heavy atom. The third-order valence-corrected chi connectivity index (χ3v) is 0.880. The molecule has 0 aliphatic heterocycles. The molecule has 0 aromatic heterocycles. The Morgan fingerprint density at radius 2 is 1.50 bits per heavy atom. The second-order valence-corrected chi connectivity index (χ2v) is 1.49. The monoisotopic (exact) mass is 183 g/mol. The van der Waals surface area contributed by atoms with Gasteiger partial charge < -0.3 is 0 Å².